The smallest absolute Gasteiger partial charge is 0.323 e. The lowest BCUT2D eigenvalue weighted by atomic mass is 10.1. The molecule has 0 bridgehead atoms. The number of carbonyl (C=O) groups excluding carboxylic acids is 1. The van der Waals surface area contributed by atoms with Crippen molar-refractivity contribution in [3.63, 3.8) is 0 Å². The van der Waals surface area contributed by atoms with Crippen LogP contribution in [-0.2, 0) is 22.5 Å². The molecule has 0 saturated carbocycles. The Morgan fingerprint density at radius 2 is 1.70 bits per heavy atom. The summed E-state index contributed by atoms with van der Waals surface area (Å²) in [7, 11) is 0. The molecule has 0 saturated heterocycles. The summed E-state index contributed by atoms with van der Waals surface area (Å²) in [6, 6.07) is 17.1. The Kier molecular flexibility index (Phi) is 6.63. The molecular formula is C19H22ClNO2. The van der Waals surface area contributed by atoms with E-state index in [0.717, 1.165) is 11.1 Å². The fourth-order valence-electron chi connectivity index (χ4n) is 2.25. The van der Waals surface area contributed by atoms with E-state index in [1.165, 1.54) is 0 Å². The molecule has 0 aliphatic heterocycles. The number of carbonyl (C=O) groups is 1. The Morgan fingerprint density at radius 1 is 1.04 bits per heavy atom. The second-order valence-electron chi connectivity index (χ2n) is 5.74. The van der Waals surface area contributed by atoms with E-state index in [0.29, 0.717) is 18.0 Å². The number of hydrogen-bond acceptors (Lipinski definition) is 3. The molecule has 0 aliphatic rings. The van der Waals surface area contributed by atoms with Gasteiger partial charge in [-0.2, -0.15) is 0 Å². The van der Waals surface area contributed by atoms with Crippen LogP contribution in [0.5, 0.6) is 0 Å². The summed E-state index contributed by atoms with van der Waals surface area (Å²) < 4.78 is 5.37. The molecular weight excluding hydrogens is 310 g/mol. The third-order valence-corrected chi connectivity index (χ3v) is 3.64. The molecule has 23 heavy (non-hydrogen) atoms. The van der Waals surface area contributed by atoms with Crippen LogP contribution in [0.3, 0.4) is 0 Å². The van der Waals surface area contributed by atoms with Gasteiger partial charge in [0.15, 0.2) is 0 Å². The van der Waals surface area contributed by atoms with Crippen LogP contribution >= 0.6 is 11.6 Å². The van der Waals surface area contributed by atoms with Crippen molar-refractivity contribution < 1.29 is 9.53 Å². The summed E-state index contributed by atoms with van der Waals surface area (Å²) in [6.07, 6.45) is 0.434. The Balaban J connectivity index is 2.04. The van der Waals surface area contributed by atoms with Gasteiger partial charge in [0.05, 0.1) is 6.10 Å². The van der Waals surface area contributed by atoms with Crippen LogP contribution in [0.2, 0.25) is 5.02 Å². The average Bonchev–Trinajstić information content (AvgIpc) is 2.53. The van der Waals surface area contributed by atoms with Crippen LogP contribution in [-0.4, -0.2) is 18.1 Å². The topological polar surface area (TPSA) is 38.3 Å². The normalized spacial score (nSPS) is 12.2. The highest BCUT2D eigenvalue weighted by atomic mass is 35.5. The molecule has 1 unspecified atom stereocenters. The fourth-order valence-corrected chi connectivity index (χ4v) is 2.37. The van der Waals surface area contributed by atoms with Gasteiger partial charge in [0.2, 0.25) is 0 Å². The lowest BCUT2D eigenvalue weighted by molar-refractivity contribution is -0.150. The lowest BCUT2D eigenvalue weighted by Crippen LogP contribution is -2.40. The molecule has 0 heterocycles. The quantitative estimate of drug-likeness (QED) is 0.779. The summed E-state index contributed by atoms with van der Waals surface area (Å²) in [6.45, 7) is 4.33. The first kappa shape index (κ1) is 17.5. The molecule has 0 amide bonds. The third kappa shape index (κ3) is 6.05. The van der Waals surface area contributed by atoms with Gasteiger partial charge in [-0.25, -0.2) is 0 Å². The van der Waals surface area contributed by atoms with Gasteiger partial charge in [-0.05, 0) is 43.5 Å². The Labute approximate surface area is 142 Å². The molecule has 2 aromatic rings. The van der Waals surface area contributed by atoms with Crippen molar-refractivity contribution in [2.45, 2.75) is 39.0 Å². The first-order valence-corrected chi connectivity index (χ1v) is 8.14. The van der Waals surface area contributed by atoms with Crippen molar-refractivity contribution in [2.75, 3.05) is 0 Å². The van der Waals surface area contributed by atoms with E-state index in [1.54, 1.807) is 0 Å². The average molecular weight is 332 g/mol. The molecule has 0 aromatic heterocycles. The van der Waals surface area contributed by atoms with E-state index in [9.17, 15) is 4.79 Å². The maximum atomic E-state index is 12.3. The highest BCUT2D eigenvalue weighted by molar-refractivity contribution is 6.30. The molecule has 0 aliphatic carbocycles. The molecule has 4 heteroatoms. The SMILES string of the molecule is CC(C)OC(=O)C(Cc1ccc(Cl)cc1)NCc1ccccc1. The van der Waals surface area contributed by atoms with Gasteiger partial charge in [0.25, 0.3) is 0 Å². The van der Waals surface area contributed by atoms with E-state index in [1.807, 2.05) is 68.4 Å². The first-order chi connectivity index (χ1) is 11.0. The minimum atomic E-state index is -0.390. The van der Waals surface area contributed by atoms with Crippen LogP contribution in [0, 0.1) is 0 Å². The van der Waals surface area contributed by atoms with Crippen LogP contribution in [0.15, 0.2) is 54.6 Å². The van der Waals surface area contributed by atoms with Gasteiger partial charge in [-0.1, -0.05) is 54.1 Å². The second kappa shape index (κ2) is 8.70. The minimum Gasteiger partial charge on any atom is -0.462 e. The largest absolute Gasteiger partial charge is 0.462 e. The molecule has 2 aromatic carbocycles. The van der Waals surface area contributed by atoms with E-state index < -0.39 is 6.04 Å². The summed E-state index contributed by atoms with van der Waals surface area (Å²) in [5.41, 5.74) is 2.17. The van der Waals surface area contributed by atoms with Gasteiger partial charge >= 0.3 is 5.97 Å². The van der Waals surface area contributed by atoms with Gasteiger partial charge in [-0.15, -0.1) is 0 Å². The van der Waals surface area contributed by atoms with Crippen LogP contribution in [0.1, 0.15) is 25.0 Å². The number of benzene rings is 2. The predicted molar refractivity (Wildman–Crippen MR) is 93.5 cm³/mol. The molecule has 0 fully saturated rings. The van der Waals surface area contributed by atoms with Gasteiger partial charge in [-0.3, -0.25) is 4.79 Å². The summed E-state index contributed by atoms with van der Waals surface area (Å²) in [5.74, 6) is -0.231. The number of hydrogen-bond donors (Lipinski definition) is 1. The summed E-state index contributed by atoms with van der Waals surface area (Å²) in [5, 5.41) is 3.98. The summed E-state index contributed by atoms with van der Waals surface area (Å²) in [4.78, 5) is 12.3. The van der Waals surface area contributed by atoms with Crippen LogP contribution in [0.25, 0.3) is 0 Å². The van der Waals surface area contributed by atoms with E-state index in [2.05, 4.69) is 5.32 Å². The van der Waals surface area contributed by atoms with Gasteiger partial charge < -0.3 is 10.1 Å². The zero-order valence-corrected chi connectivity index (χ0v) is 14.2. The zero-order chi connectivity index (χ0) is 16.7. The fraction of sp³-hybridized carbons (Fsp3) is 0.316. The van der Waals surface area contributed by atoms with Gasteiger partial charge in [0.1, 0.15) is 6.04 Å². The Morgan fingerprint density at radius 3 is 2.30 bits per heavy atom. The Hall–Kier alpha value is -1.84. The number of ether oxygens (including phenoxy) is 1. The summed E-state index contributed by atoms with van der Waals surface area (Å²) >= 11 is 5.91. The molecule has 1 N–H and O–H groups in total. The van der Waals surface area contributed by atoms with Crippen LogP contribution in [0.4, 0.5) is 0 Å². The third-order valence-electron chi connectivity index (χ3n) is 3.38. The number of nitrogens with one attached hydrogen (secondary N) is 1. The highest BCUT2D eigenvalue weighted by Crippen LogP contribution is 2.12. The van der Waals surface area contributed by atoms with E-state index in [4.69, 9.17) is 16.3 Å². The standard InChI is InChI=1S/C19H22ClNO2/c1-14(2)23-19(22)18(12-15-8-10-17(20)11-9-15)21-13-16-6-4-3-5-7-16/h3-11,14,18,21H,12-13H2,1-2H3. The maximum absolute atomic E-state index is 12.3. The van der Waals surface area contributed by atoms with E-state index >= 15 is 0 Å². The number of rotatable bonds is 7. The zero-order valence-electron chi connectivity index (χ0n) is 13.5. The second-order valence-corrected chi connectivity index (χ2v) is 6.17. The van der Waals surface area contributed by atoms with Crippen molar-refractivity contribution in [3.8, 4) is 0 Å². The van der Waals surface area contributed by atoms with Crippen LogP contribution < -0.4 is 5.32 Å². The highest BCUT2D eigenvalue weighted by Gasteiger charge is 2.21. The van der Waals surface area contributed by atoms with Crippen molar-refractivity contribution in [3.05, 3.63) is 70.7 Å². The van der Waals surface area contributed by atoms with E-state index in [-0.39, 0.29) is 12.1 Å². The molecule has 1 atom stereocenters. The van der Waals surface area contributed by atoms with Crippen molar-refractivity contribution in [2.24, 2.45) is 0 Å². The van der Waals surface area contributed by atoms with Crippen molar-refractivity contribution in [1.29, 1.82) is 0 Å². The van der Waals surface area contributed by atoms with Crippen molar-refractivity contribution >= 4 is 17.6 Å². The first-order valence-electron chi connectivity index (χ1n) is 7.77. The number of esters is 1. The van der Waals surface area contributed by atoms with Gasteiger partial charge in [0, 0.05) is 11.6 Å². The molecule has 122 valence electrons. The Bertz CT molecular complexity index is 611. The minimum absolute atomic E-state index is 0.131. The number of halogens is 1. The maximum Gasteiger partial charge on any atom is 0.323 e. The molecule has 0 spiro atoms. The predicted octanol–water partition coefficient (Wildman–Crippen LogP) is 3.99. The molecule has 3 nitrogen and oxygen atoms in total. The molecule has 0 radical (unpaired) electrons. The monoisotopic (exact) mass is 331 g/mol. The van der Waals surface area contributed by atoms with Crippen molar-refractivity contribution in [1.82, 2.24) is 5.32 Å². The molecule has 2 rings (SSSR count). The lowest BCUT2D eigenvalue weighted by Gasteiger charge is -2.19.